The minimum Gasteiger partial charge on any atom is -0.378 e. The normalized spacial score (nSPS) is 25.4. The van der Waals surface area contributed by atoms with E-state index in [1.54, 1.807) is 7.11 Å². The summed E-state index contributed by atoms with van der Waals surface area (Å²) >= 11 is 0. The predicted molar refractivity (Wildman–Crippen MR) is 68.1 cm³/mol. The molecule has 0 radical (unpaired) electrons. The maximum Gasteiger partial charge on any atom is 0.0952 e. The van der Waals surface area contributed by atoms with Crippen molar-refractivity contribution in [3.63, 3.8) is 0 Å². The number of imidazole rings is 1. The summed E-state index contributed by atoms with van der Waals surface area (Å²) in [5, 5.41) is 3.38. The van der Waals surface area contributed by atoms with E-state index in [2.05, 4.69) is 35.6 Å². The standard InChI is InChI=1S/C13H23N3O/c1-13(2,3)5-10-6-15-9-16(10)11-7-14-8-12(11)17-4/h6,9,11-12,14H,5,7-8H2,1-4H3/t11?,12-/m0/s1. The van der Waals surface area contributed by atoms with Gasteiger partial charge < -0.3 is 14.6 Å². The second kappa shape index (κ2) is 4.78. The highest BCUT2D eigenvalue weighted by atomic mass is 16.5. The summed E-state index contributed by atoms with van der Waals surface area (Å²) in [4.78, 5) is 4.30. The predicted octanol–water partition coefficient (Wildman–Crippen LogP) is 1.63. The molecule has 2 atom stereocenters. The molecule has 1 N–H and O–H groups in total. The largest absolute Gasteiger partial charge is 0.378 e. The summed E-state index contributed by atoms with van der Waals surface area (Å²) in [6, 6.07) is 0.375. The third kappa shape index (κ3) is 2.87. The van der Waals surface area contributed by atoms with E-state index in [1.165, 1.54) is 5.69 Å². The van der Waals surface area contributed by atoms with Gasteiger partial charge in [-0.15, -0.1) is 0 Å². The average Bonchev–Trinajstić information content (AvgIpc) is 2.82. The van der Waals surface area contributed by atoms with Crippen LogP contribution in [0.25, 0.3) is 0 Å². The zero-order valence-corrected chi connectivity index (χ0v) is 11.2. The van der Waals surface area contributed by atoms with Crippen molar-refractivity contribution in [3.8, 4) is 0 Å². The quantitative estimate of drug-likeness (QED) is 0.868. The Bertz CT molecular complexity index is 367. The minimum absolute atomic E-state index is 0.253. The molecule has 1 aliphatic rings. The van der Waals surface area contributed by atoms with Crippen LogP contribution in [0.3, 0.4) is 0 Å². The molecule has 1 saturated heterocycles. The maximum atomic E-state index is 5.52. The Hall–Kier alpha value is -0.870. The molecule has 17 heavy (non-hydrogen) atoms. The Kier molecular flexibility index (Phi) is 3.54. The molecule has 1 aromatic rings. The Morgan fingerprint density at radius 1 is 1.47 bits per heavy atom. The molecule has 0 bridgehead atoms. The number of nitrogens with zero attached hydrogens (tertiary/aromatic N) is 2. The van der Waals surface area contributed by atoms with E-state index in [0.717, 1.165) is 19.5 Å². The topological polar surface area (TPSA) is 39.1 Å². The van der Waals surface area contributed by atoms with Gasteiger partial charge in [-0.25, -0.2) is 4.98 Å². The highest BCUT2D eigenvalue weighted by Crippen LogP contribution is 2.25. The van der Waals surface area contributed by atoms with Crippen molar-refractivity contribution in [2.75, 3.05) is 20.2 Å². The first-order chi connectivity index (χ1) is 8.01. The van der Waals surface area contributed by atoms with Crippen LogP contribution in [0.5, 0.6) is 0 Å². The maximum absolute atomic E-state index is 5.52. The van der Waals surface area contributed by atoms with Crippen LogP contribution in [0.15, 0.2) is 12.5 Å². The number of nitrogens with one attached hydrogen (secondary N) is 1. The Morgan fingerprint density at radius 3 is 2.88 bits per heavy atom. The van der Waals surface area contributed by atoms with Crippen LogP contribution in [-0.2, 0) is 11.2 Å². The molecule has 0 aromatic carbocycles. The second-order valence-electron chi connectivity index (χ2n) is 6.03. The van der Waals surface area contributed by atoms with Gasteiger partial charge in [0.15, 0.2) is 0 Å². The molecule has 0 amide bonds. The van der Waals surface area contributed by atoms with Gasteiger partial charge in [-0.1, -0.05) is 20.8 Å². The molecule has 1 aromatic heterocycles. The van der Waals surface area contributed by atoms with Gasteiger partial charge in [0.05, 0.1) is 18.5 Å². The Labute approximate surface area is 103 Å². The van der Waals surface area contributed by atoms with Gasteiger partial charge in [-0.3, -0.25) is 0 Å². The summed E-state index contributed by atoms with van der Waals surface area (Å²) in [5.41, 5.74) is 1.58. The van der Waals surface area contributed by atoms with Crippen molar-refractivity contribution in [2.24, 2.45) is 5.41 Å². The zero-order chi connectivity index (χ0) is 12.5. The van der Waals surface area contributed by atoms with Gasteiger partial charge >= 0.3 is 0 Å². The number of hydrogen-bond acceptors (Lipinski definition) is 3. The van der Waals surface area contributed by atoms with E-state index in [9.17, 15) is 0 Å². The summed E-state index contributed by atoms with van der Waals surface area (Å²) < 4.78 is 7.80. The van der Waals surface area contributed by atoms with Crippen molar-refractivity contribution in [3.05, 3.63) is 18.2 Å². The highest BCUT2D eigenvalue weighted by molar-refractivity contribution is 5.06. The van der Waals surface area contributed by atoms with Gasteiger partial charge in [0, 0.05) is 32.1 Å². The lowest BCUT2D eigenvalue weighted by atomic mass is 9.90. The highest BCUT2D eigenvalue weighted by Gasteiger charge is 2.30. The molecule has 4 heteroatoms. The SMILES string of the molecule is CO[C@H]1CNCC1n1cncc1CC(C)(C)C. The van der Waals surface area contributed by atoms with Crippen LogP contribution in [0.1, 0.15) is 32.5 Å². The molecule has 0 spiro atoms. The van der Waals surface area contributed by atoms with Crippen molar-refractivity contribution >= 4 is 0 Å². The van der Waals surface area contributed by atoms with Crippen molar-refractivity contribution in [1.82, 2.24) is 14.9 Å². The molecule has 1 aliphatic heterocycles. The monoisotopic (exact) mass is 237 g/mol. The fraction of sp³-hybridized carbons (Fsp3) is 0.769. The molecule has 2 rings (SSSR count). The molecule has 1 fully saturated rings. The van der Waals surface area contributed by atoms with E-state index in [0.29, 0.717) is 6.04 Å². The summed E-state index contributed by atoms with van der Waals surface area (Å²) in [7, 11) is 1.78. The van der Waals surface area contributed by atoms with E-state index in [1.807, 2.05) is 12.5 Å². The van der Waals surface area contributed by atoms with Gasteiger partial charge in [0.1, 0.15) is 0 Å². The molecule has 0 saturated carbocycles. The van der Waals surface area contributed by atoms with Gasteiger partial charge in [-0.05, 0) is 11.8 Å². The van der Waals surface area contributed by atoms with E-state index >= 15 is 0 Å². The molecule has 1 unspecified atom stereocenters. The third-order valence-electron chi connectivity index (χ3n) is 3.25. The summed E-state index contributed by atoms with van der Waals surface area (Å²) in [5.74, 6) is 0. The van der Waals surface area contributed by atoms with Gasteiger partial charge in [0.2, 0.25) is 0 Å². The van der Waals surface area contributed by atoms with Crippen LogP contribution >= 0.6 is 0 Å². The fourth-order valence-corrected chi connectivity index (χ4v) is 2.47. The Balaban J connectivity index is 2.18. The third-order valence-corrected chi connectivity index (χ3v) is 3.25. The zero-order valence-electron chi connectivity index (χ0n) is 11.2. The lowest BCUT2D eigenvalue weighted by Crippen LogP contribution is -2.26. The first-order valence-electron chi connectivity index (χ1n) is 6.25. The number of methoxy groups -OCH3 is 1. The average molecular weight is 237 g/mol. The van der Waals surface area contributed by atoms with E-state index in [-0.39, 0.29) is 11.5 Å². The molecule has 4 nitrogen and oxygen atoms in total. The van der Waals surface area contributed by atoms with Crippen LogP contribution in [-0.4, -0.2) is 35.9 Å². The fourth-order valence-electron chi connectivity index (χ4n) is 2.47. The van der Waals surface area contributed by atoms with Gasteiger partial charge in [-0.2, -0.15) is 0 Å². The van der Waals surface area contributed by atoms with Crippen LogP contribution < -0.4 is 5.32 Å². The molecule has 2 heterocycles. The molecular formula is C13H23N3O. The second-order valence-corrected chi connectivity index (χ2v) is 6.03. The van der Waals surface area contributed by atoms with Crippen molar-refractivity contribution in [1.29, 1.82) is 0 Å². The van der Waals surface area contributed by atoms with Crippen molar-refractivity contribution < 1.29 is 4.74 Å². The van der Waals surface area contributed by atoms with Crippen LogP contribution in [0.2, 0.25) is 0 Å². The van der Waals surface area contributed by atoms with Crippen LogP contribution in [0, 0.1) is 5.41 Å². The molecule has 0 aliphatic carbocycles. The summed E-state index contributed by atoms with van der Waals surface area (Å²) in [6.07, 6.45) is 5.21. The Morgan fingerprint density at radius 2 is 2.24 bits per heavy atom. The lowest BCUT2D eigenvalue weighted by Gasteiger charge is -2.24. The first-order valence-corrected chi connectivity index (χ1v) is 6.25. The van der Waals surface area contributed by atoms with E-state index in [4.69, 9.17) is 4.74 Å². The van der Waals surface area contributed by atoms with Crippen molar-refractivity contribution in [2.45, 2.75) is 39.3 Å². The first kappa shape index (κ1) is 12.6. The minimum atomic E-state index is 0.253. The molecular weight excluding hydrogens is 214 g/mol. The number of rotatable bonds is 3. The smallest absolute Gasteiger partial charge is 0.0952 e. The number of aromatic nitrogens is 2. The van der Waals surface area contributed by atoms with Gasteiger partial charge in [0.25, 0.3) is 0 Å². The lowest BCUT2D eigenvalue weighted by molar-refractivity contribution is 0.0853. The van der Waals surface area contributed by atoms with E-state index < -0.39 is 0 Å². The number of ether oxygens (including phenoxy) is 1. The molecule has 96 valence electrons. The van der Waals surface area contributed by atoms with Crippen LogP contribution in [0.4, 0.5) is 0 Å². The number of hydrogen-bond donors (Lipinski definition) is 1. The summed E-state index contributed by atoms with van der Waals surface area (Å²) in [6.45, 7) is 8.65.